The zero-order chi connectivity index (χ0) is 14.2. The fourth-order valence-electron chi connectivity index (χ4n) is 2.60. The average molecular weight is 285 g/mol. The van der Waals surface area contributed by atoms with Gasteiger partial charge in [-0.2, -0.15) is 0 Å². The summed E-state index contributed by atoms with van der Waals surface area (Å²) in [6, 6.07) is 1.88. The number of nitrogens with zero attached hydrogens (tertiary/aromatic N) is 2. The van der Waals surface area contributed by atoms with Crippen molar-refractivity contribution in [2.24, 2.45) is 0 Å². The standard InChI is InChI=1S/C14H21ClN2O2/c1-10(2)17-8-11(15)7-12(17)13(18)16-6-4-5-14(3,19)9-16/h7-8,10,19H,4-6,9H2,1-3H3. The van der Waals surface area contributed by atoms with Crippen LogP contribution >= 0.6 is 11.6 Å². The van der Waals surface area contributed by atoms with Gasteiger partial charge in [0.15, 0.2) is 0 Å². The summed E-state index contributed by atoms with van der Waals surface area (Å²) in [5.41, 5.74) is -0.190. The van der Waals surface area contributed by atoms with Crippen molar-refractivity contribution in [2.45, 2.75) is 45.3 Å². The second-order valence-corrected chi connectivity index (χ2v) is 6.31. The Labute approximate surface area is 119 Å². The first-order valence-corrected chi connectivity index (χ1v) is 7.07. The molecule has 1 unspecified atom stereocenters. The normalized spacial score (nSPS) is 24.0. The first-order chi connectivity index (χ1) is 8.80. The van der Waals surface area contributed by atoms with Crippen molar-refractivity contribution in [2.75, 3.05) is 13.1 Å². The molecule has 0 saturated carbocycles. The molecule has 4 nitrogen and oxygen atoms in total. The molecule has 106 valence electrons. The minimum atomic E-state index is -0.785. The lowest BCUT2D eigenvalue weighted by Gasteiger charge is -2.37. The Bertz CT molecular complexity index is 480. The van der Waals surface area contributed by atoms with Gasteiger partial charge in [-0.05, 0) is 39.7 Å². The van der Waals surface area contributed by atoms with E-state index in [-0.39, 0.29) is 11.9 Å². The van der Waals surface area contributed by atoms with Gasteiger partial charge in [0.1, 0.15) is 5.69 Å². The molecule has 0 aliphatic carbocycles. The Hall–Kier alpha value is -1.00. The van der Waals surface area contributed by atoms with Crippen LogP contribution in [0, 0.1) is 0 Å². The van der Waals surface area contributed by atoms with Crippen LogP contribution in [-0.2, 0) is 0 Å². The van der Waals surface area contributed by atoms with Crippen molar-refractivity contribution in [1.29, 1.82) is 0 Å². The molecule has 19 heavy (non-hydrogen) atoms. The predicted octanol–water partition coefficient (Wildman–Crippen LogP) is 2.71. The summed E-state index contributed by atoms with van der Waals surface area (Å²) in [5.74, 6) is -0.0550. The Morgan fingerprint density at radius 1 is 1.53 bits per heavy atom. The molecule has 1 aliphatic heterocycles. The molecular formula is C14H21ClN2O2. The molecule has 0 bridgehead atoms. The maximum Gasteiger partial charge on any atom is 0.270 e. The third kappa shape index (κ3) is 3.12. The summed E-state index contributed by atoms with van der Waals surface area (Å²) in [6.45, 7) is 6.88. The topological polar surface area (TPSA) is 45.5 Å². The monoisotopic (exact) mass is 284 g/mol. The third-order valence-electron chi connectivity index (χ3n) is 3.55. The number of aromatic nitrogens is 1. The highest BCUT2D eigenvalue weighted by Crippen LogP contribution is 2.25. The predicted molar refractivity (Wildman–Crippen MR) is 75.6 cm³/mol. The number of hydrogen-bond donors (Lipinski definition) is 1. The minimum Gasteiger partial charge on any atom is -0.388 e. The lowest BCUT2D eigenvalue weighted by atomic mass is 9.95. The highest BCUT2D eigenvalue weighted by atomic mass is 35.5. The molecule has 0 radical (unpaired) electrons. The number of hydrogen-bond acceptors (Lipinski definition) is 2. The Morgan fingerprint density at radius 3 is 2.79 bits per heavy atom. The number of piperidine rings is 1. The quantitative estimate of drug-likeness (QED) is 0.908. The largest absolute Gasteiger partial charge is 0.388 e. The molecule has 1 N–H and O–H groups in total. The number of carbonyl (C=O) groups excluding carboxylic acids is 1. The van der Waals surface area contributed by atoms with E-state index < -0.39 is 5.60 Å². The van der Waals surface area contributed by atoms with Gasteiger partial charge in [-0.3, -0.25) is 4.79 Å². The Kier molecular flexibility index (Phi) is 3.92. The molecule has 1 aromatic rings. The van der Waals surface area contributed by atoms with Crippen LogP contribution in [0.15, 0.2) is 12.3 Å². The molecular weight excluding hydrogens is 264 g/mol. The minimum absolute atomic E-state index is 0.0550. The molecule has 0 aromatic carbocycles. The van der Waals surface area contributed by atoms with Gasteiger partial charge in [0, 0.05) is 25.3 Å². The van der Waals surface area contributed by atoms with Crippen molar-refractivity contribution in [3.8, 4) is 0 Å². The van der Waals surface area contributed by atoms with E-state index in [0.717, 1.165) is 12.8 Å². The van der Waals surface area contributed by atoms with Crippen LogP contribution in [0.4, 0.5) is 0 Å². The van der Waals surface area contributed by atoms with E-state index >= 15 is 0 Å². The van der Waals surface area contributed by atoms with Crippen molar-refractivity contribution in [3.05, 3.63) is 23.0 Å². The van der Waals surface area contributed by atoms with Crippen molar-refractivity contribution >= 4 is 17.5 Å². The van der Waals surface area contributed by atoms with Gasteiger partial charge in [0.05, 0.1) is 10.6 Å². The molecule has 0 spiro atoms. The number of rotatable bonds is 2. The van der Waals surface area contributed by atoms with Gasteiger partial charge >= 0.3 is 0 Å². The maximum absolute atomic E-state index is 12.6. The highest BCUT2D eigenvalue weighted by Gasteiger charge is 2.32. The van der Waals surface area contributed by atoms with Crippen LogP contribution in [0.25, 0.3) is 0 Å². The molecule has 2 rings (SSSR count). The van der Waals surface area contributed by atoms with Crippen LogP contribution in [0.5, 0.6) is 0 Å². The summed E-state index contributed by atoms with van der Waals surface area (Å²) >= 11 is 6.01. The second-order valence-electron chi connectivity index (χ2n) is 5.87. The molecule has 1 amide bonds. The number of carbonyl (C=O) groups is 1. The van der Waals surface area contributed by atoms with E-state index in [1.807, 2.05) is 18.4 Å². The zero-order valence-corrected chi connectivity index (χ0v) is 12.4. The molecule has 1 saturated heterocycles. The molecule has 5 heteroatoms. The van der Waals surface area contributed by atoms with Crippen LogP contribution in [0.3, 0.4) is 0 Å². The third-order valence-corrected chi connectivity index (χ3v) is 3.76. The molecule has 1 fully saturated rings. The van der Waals surface area contributed by atoms with Crippen molar-refractivity contribution < 1.29 is 9.90 Å². The van der Waals surface area contributed by atoms with Gasteiger partial charge < -0.3 is 14.6 Å². The van der Waals surface area contributed by atoms with Gasteiger partial charge in [-0.25, -0.2) is 0 Å². The van der Waals surface area contributed by atoms with E-state index in [4.69, 9.17) is 11.6 Å². The van der Waals surface area contributed by atoms with Gasteiger partial charge in [-0.1, -0.05) is 11.6 Å². The summed E-state index contributed by atoms with van der Waals surface area (Å²) in [7, 11) is 0. The van der Waals surface area contributed by atoms with Crippen LogP contribution in [0.2, 0.25) is 5.02 Å². The first kappa shape index (κ1) is 14.4. The maximum atomic E-state index is 12.6. The molecule has 1 atom stereocenters. The molecule has 1 aromatic heterocycles. The number of likely N-dealkylation sites (tertiary alicyclic amines) is 1. The van der Waals surface area contributed by atoms with Crippen molar-refractivity contribution in [1.82, 2.24) is 9.47 Å². The smallest absolute Gasteiger partial charge is 0.270 e. The highest BCUT2D eigenvalue weighted by molar-refractivity contribution is 6.31. The number of amides is 1. The number of β-amino-alcohol motifs (C(OH)–C–C–N with tert-alkyl or cyclic N) is 1. The van der Waals surface area contributed by atoms with Crippen LogP contribution in [-0.4, -0.2) is 39.2 Å². The SMILES string of the molecule is CC(C)n1cc(Cl)cc1C(=O)N1CCCC(C)(O)C1. The number of halogens is 1. The van der Waals surface area contributed by atoms with E-state index in [1.54, 1.807) is 24.1 Å². The van der Waals surface area contributed by atoms with E-state index in [2.05, 4.69) is 0 Å². The first-order valence-electron chi connectivity index (χ1n) is 6.69. The Balaban J connectivity index is 2.24. The van der Waals surface area contributed by atoms with E-state index in [1.165, 1.54) is 0 Å². The van der Waals surface area contributed by atoms with Gasteiger partial charge in [0.2, 0.25) is 0 Å². The van der Waals surface area contributed by atoms with E-state index in [0.29, 0.717) is 23.8 Å². The zero-order valence-electron chi connectivity index (χ0n) is 11.7. The van der Waals surface area contributed by atoms with Gasteiger partial charge in [-0.15, -0.1) is 0 Å². The summed E-state index contributed by atoms with van der Waals surface area (Å²) in [5, 5.41) is 10.7. The summed E-state index contributed by atoms with van der Waals surface area (Å²) < 4.78 is 1.88. The van der Waals surface area contributed by atoms with E-state index in [9.17, 15) is 9.90 Å². The Morgan fingerprint density at radius 2 is 2.21 bits per heavy atom. The lowest BCUT2D eigenvalue weighted by molar-refractivity contribution is -0.0111. The molecule has 2 heterocycles. The lowest BCUT2D eigenvalue weighted by Crippen LogP contribution is -2.49. The van der Waals surface area contributed by atoms with Crippen LogP contribution in [0.1, 0.15) is 50.1 Å². The second kappa shape index (κ2) is 5.17. The summed E-state index contributed by atoms with van der Waals surface area (Å²) in [4.78, 5) is 14.3. The molecule has 1 aliphatic rings. The summed E-state index contributed by atoms with van der Waals surface area (Å²) in [6.07, 6.45) is 3.35. The van der Waals surface area contributed by atoms with Gasteiger partial charge in [0.25, 0.3) is 5.91 Å². The number of aliphatic hydroxyl groups is 1. The fraction of sp³-hybridized carbons (Fsp3) is 0.643. The fourth-order valence-corrected chi connectivity index (χ4v) is 2.81. The van der Waals surface area contributed by atoms with Crippen LogP contribution < -0.4 is 0 Å². The average Bonchev–Trinajstić information content (AvgIpc) is 2.69. The van der Waals surface area contributed by atoms with Crippen molar-refractivity contribution in [3.63, 3.8) is 0 Å².